The molecule has 0 N–H and O–H groups in total. The molecule has 0 atom stereocenters. The summed E-state index contributed by atoms with van der Waals surface area (Å²) < 4.78 is 11.4. The van der Waals surface area contributed by atoms with Crippen LogP contribution in [-0.4, -0.2) is 11.0 Å². The van der Waals surface area contributed by atoms with Gasteiger partial charge in [-0.05, 0) is 61.0 Å². The van der Waals surface area contributed by atoms with Gasteiger partial charge in [-0.1, -0.05) is 17.7 Å². The molecule has 0 unspecified atom stereocenters. The van der Waals surface area contributed by atoms with Gasteiger partial charge in [0.05, 0.1) is 10.9 Å². The molecule has 0 spiro atoms. The lowest BCUT2D eigenvalue weighted by Gasteiger charge is -2.11. The molecule has 2 heterocycles. The SMILES string of the molecule is Cc1ccc2c(=O)c(OC(=O)c3cccnc3)c(-c3ccc(Cl)cc3)oc2c1. The van der Waals surface area contributed by atoms with Crippen LogP contribution in [0, 0.1) is 6.92 Å². The number of esters is 1. The Morgan fingerprint density at radius 3 is 2.61 bits per heavy atom. The third kappa shape index (κ3) is 3.40. The van der Waals surface area contributed by atoms with E-state index in [2.05, 4.69) is 4.98 Å². The van der Waals surface area contributed by atoms with Crippen molar-refractivity contribution in [2.75, 3.05) is 0 Å². The third-order valence-electron chi connectivity index (χ3n) is 4.20. The molecule has 6 heteroatoms. The van der Waals surface area contributed by atoms with E-state index in [-0.39, 0.29) is 17.1 Å². The zero-order chi connectivity index (χ0) is 19.7. The van der Waals surface area contributed by atoms with E-state index in [1.165, 1.54) is 6.20 Å². The molecule has 138 valence electrons. The predicted molar refractivity (Wildman–Crippen MR) is 107 cm³/mol. The minimum atomic E-state index is -0.693. The number of carbonyl (C=O) groups is 1. The number of aromatic nitrogens is 1. The van der Waals surface area contributed by atoms with Gasteiger partial charge in [0, 0.05) is 23.0 Å². The van der Waals surface area contributed by atoms with Crippen molar-refractivity contribution in [3.05, 3.63) is 93.4 Å². The van der Waals surface area contributed by atoms with E-state index in [9.17, 15) is 9.59 Å². The van der Waals surface area contributed by atoms with E-state index < -0.39 is 11.4 Å². The number of halogens is 1. The van der Waals surface area contributed by atoms with E-state index in [1.54, 1.807) is 60.8 Å². The molecule has 0 aliphatic heterocycles. The molecule has 0 aliphatic carbocycles. The number of pyridine rings is 1. The zero-order valence-electron chi connectivity index (χ0n) is 14.8. The number of fused-ring (bicyclic) bond motifs is 1. The maximum atomic E-state index is 13.1. The third-order valence-corrected chi connectivity index (χ3v) is 4.46. The van der Waals surface area contributed by atoms with E-state index in [1.807, 2.05) is 6.92 Å². The first-order valence-electron chi connectivity index (χ1n) is 8.48. The van der Waals surface area contributed by atoms with Gasteiger partial charge in [-0.25, -0.2) is 4.79 Å². The number of ether oxygens (including phenoxy) is 1. The predicted octanol–water partition coefficient (Wildman–Crippen LogP) is 5.04. The van der Waals surface area contributed by atoms with Crippen molar-refractivity contribution >= 4 is 28.5 Å². The monoisotopic (exact) mass is 391 g/mol. The molecule has 4 aromatic rings. The summed E-state index contributed by atoms with van der Waals surface area (Å²) in [6, 6.07) is 15.1. The summed E-state index contributed by atoms with van der Waals surface area (Å²) in [6.07, 6.45) is 2.92. The van der Waals surface area contributed by atoms with Crippen LogP contribution in [0.25, 0.3) is 22.3 Å². The van der Waals surface area contributed by atoms with E-state index in [0.29, 0.717) is 21.6 Å². The highest BCUT2D eigenvalue weighted by Gasteiger charge is 2.21. The lowest BCUT2D eigenvalue weighted by Crippen LogP contribution is -2.16. The Labute approximate surface area is 165 Å². The largest absolute Gasteiger partial charge is 0.452 e. The fourth-order valence-corrected chi connectivity index (χ4v) is 2.93. The number of hydrogen-bond acceptors (Lipinski definition) is 5. The Kier molecular flexibility index (Phi) is 4.67. The summed E-state index contributed by atoms with van der Waals surface area (Å²) in [5.74, 6) is -0.702. The van der Waals surface area contributed by atoms with Gasteiger partial charge in [-0.15, -0.1) is 0 Å². The van der Waals surface area contributed by atoms with Gasteiger partial charge in [0.2, 0.25) is 11.2 Å². The average Bonchev–Trinajstić information content (AvgIpc) is 2.71. The molecular weight excluding hydrogens is 378 g/mol. The van der Waals surface area contributed by atoms with Gasteiger partial charge in [-0.2, -0.15) is 0 Å². The highest BCUT2D eigenvalue weighted by molar-refractivity contribution is 6.30. The molecule has 2 aromatic carbocycles. The van der Waals surface area contributed by atoms with Gasteiger partial charge >= 0.3 is 5.97 Å². The Balaban J connectivity index is 1.92. The van der Waals surface area contributed by atoms with Crippen molar-refractivity contribution in [3.8, 4) is 17.1 Å². The fraction of sp³-hybridized carbons (Fsp3) is 0.0455. The Hall–Kier alpha value is -3.44. The van der Waals surface area contributed by atoms with Crippen molar-refractivity contribution in [2.45, 2.75) is 6.92 Å². The second-order valence-corrected chi connectivity index (χ2v) is 6.66. The molecule has 0 bridgehead atoms. The molecule has 0 saturated heterocycles. The Bertz CT molecular complexity index is 1230. The standard InChI is InChI=1S/C22H14ClNO4/c1-13-4-9-17-18(11-13)27-20(14-5-7-16(23)8-6-14)21(19(17)25)28-22(26)15-3-2-10-24-12-15/h2-12H,1H3. The van der Waals surface area contributed by atoms with Crippen molar-refractivity contribution in [1.82, 2.24) is 4.98 Å². The van der Waals surface area contributed by atoms with Crippen LogP contribution >= 0.6 is 11.6 Å². The summed E-state index contributed by atoms with van der Waals surface area (Å²) in [5.41, 5.74) is 1.73. The van der Waals surface area contributed by atoms with E-state index >= 15 is 0 Å². The summed E-state index contributed by atoms with van der Waals surface area (Å²) in [5, 5.41) is 0.869. The highest BCUT2D eigenvalue weighted by atomic mass is 35.5. The molecule has 4 rings (SSSR count). The second-order valence-electron chi connectivity index (χ2n) is 6.23. The van der Waals surface area contributed by atoms with Crippen LogP contribution in [0.2, 0.25) is 5.02 Å². The van der Waals surface area contributed by atoms with Crippen molar-refractivity contribution in [3.63, 3.8) is 0 Å². The minimum Gasteiger partial charge on any atom is -0.452 e. The van der Waals surface area contributed by atoms with E-state index in [0.717, 1.165) is 5.56 Å². The normalized spacial score (nSPS) is 10.8. The van der Waals surface area contributed by atoms with Gasteiger partial charge < -0.3 is 9.15 Å². The number of carbonyl (C=O) groups excluding carboxylic acids is 1. The smallest absolute Gasteiger partial charge is 0.345 e. The number of benzene rings is 2. The van der Waals surface area contributed by atoms with Gasteiger partial charge in [-0.3, -0.25) is 9.78 Å². The first-order chi connectivity index (χ1) is 13.5. The fourth-order valence-electron chi connectivity index (χ4n) is 2.80. The van der Waals surface area contributed by atoms with Crippen LogP contribution in [0.5, 0.6) is 5.75 Å². The van der Waals surface area contributed by atoms with Crippen molar-refractivity contribution < 1.29 is 13.9 Å². The van der Waals surface area contributed by atoms with Crippen LogP contribution in [0.15, 0.2) is 76.2 Å². The molecule has 0 fully saturated rings. The summed E-state index contributed by atoms with van der Waals surface area (Å²) >= 11 is 5.97. The quantitative estimate of drug-likeness (QED) is 0.458. The molecule has 2 aromatic heterocycles. The number of nitrogens with zero attached hydrogens (tertiary/aromatic N) is 1. The van der Waals surface area contributed by atoms with Crippen LogP contribution in [0.3, 0.4) is 0 Å². The molecule has 0 radical (unpaired) electrons. The number of rotatable bonds is 3. The summed E-state index contributed by atoms with van der Waals surface area (Å²) in [7, 11) is 0. The van der Waals surface area contributed by atoms with Gasteiger partial charge in [0.1, 0.15) is 5.58 Å². The minimum absolute atomic E-state index is 0.164. The Morgan fingerprint density at radius 2 is 1.89 bits per heavy atom. The van der Waals surface area contributed by atoms with Crippen LogP contribution < -0.4 is 10.2 Å². The van der Waals surface area contributed by atoms with Crippen LogP contribution in [0.4, 0.5) is 0 Å². The lowest BCUT2D eigenvalue weighted by molar-refractivity contribution is 0.0731. The molecule has 0 amide bonds. The molecule has 28 heavy (non-hydrogen) atoms. The average molecular weight is 392 g/mol. The zero-order valence-corrected chi connectivity index (χ0v) is 15.6. The number of aryl methyl sites for hydroxylation is 1. The maximum absolute atomic E-state index is 13.1. The van der Waals surface area contributed by atoms with Crippen molar-refractivity contribution in [1.29, 1.82) is 0 Å². The second kappa shape index (κ2) is 7.29. The summed E-state index contributed by atoms with van der Waals surface area (Å²) in [4.78, 5) is 29.5. The molecular formula is C22H14ClNO4. The number of hydrogen-bond donors (Lipinski definition) is 0. The van der Waals surface area contributed by atoms with Gasteiger partial charge in [0.25, 0.3) is 0 Å². The van der Waals surface area contributed by atoms with Crippen LogP contribution in [-0.2, 0) is 0 Å². The first-order valence-corrected chi connectivity index (χ1v) is 8.86. The maximum Gasteiger partial charge on any atom is 0.345 e. The van der Waals surface area contributed by atoms with Crippen LogP contribution in [0.1, 0.15) is 15.9 Å². The topological polar surface area (TPSA) is 69.4 Å². The molecule has 0 aliphatic rings. The summed E-state index contributed by atoms with van der Waals surface area (Å²) in [6.45, 7) is 1.90. The van der Waals surface area contributed by atoms with Crippen molar-refractivity contribution in [2.24, 2.45) is 0 Å². The molecule has 0 saturated carbocycles. The Morgan fingerprint density at radius 1 is 1.11 bits per heavy atom. The lowest BCUT2D eigenvalue weighted by atomic mass is 10.1. The highest BCUT2D eigenvalue weighted by Crippen LogP contribution is 2.32. The van der Waals surface area contributed by atoms with Gasteiger partial charge in [0.15, 0.2) is 5.76 Å². The molecule has 5 nitrogen and oxygen atoms in total. The van der Waals surface area contributed by atoms with E-state index in [4.69, 9.17) is 20.8 Å². The first kappa shape index (κ1) is 17.9.